The van der Waals surface area contributed by atoms with Gasteiger partial charge >= 0.3 is 0 Å². The fourth-order valence-corrected chi connectivity index (χ4v) is 1.59. The normalized spacial score (nSPS) is 24.1. The summed E-state index contributed by atoms with van der Waals surface area (Å²) in [5.41, 5.74) is 4.85. The molecule has 0 spiro atoms. The Morgan fingerprint density at radius 2 is 2.29 bits per heavy atom. The lowest BCUT2D eigenvalue weighted by atomic mass is 9.92. The van der Waals surface area contributed by atoms with Crippen LogP contribution in [0.2, 0.25) is 0 Å². The fraction of sp³-hybridized carbons (Fsp3) is 0.900. The van der Waals surface area contributed by atoms with Crippen LogP contribution in [0.4, 0.5) is 0 Å². The Hall–Kier alpha value is -0.610. The number of likely N-dealkylation sites (N-methyl/N-ethyl adjacent to an activating group) is 1. The van der Waals surface area contributed by atoms with Crippen LogP contribution >= 0.6 is 0 Å². The Bertz CT molecular complexity index is 215. The predicted molar refractivity (Wildman–Crippen MR) is 56.9 cm³/mol. The minimum absolute atomic E-state index is 0.239. The highest BCUT2D eigenvalue weighted by molar-refractivity contribution is 5.80. The minimum atomic E-state index is -0.443. The van der Waals surface area contributed by atoms with Crippen molar-refractivity contribution in [2.75, 3.05) is 26.7 Å². The van der Waals surface area contributed by atoms with Crippen molar-refractivity contribution < 1.29 is 4.79 Å². The zero-order valence-electron chi connectivity index (χ0n) is 9.34. The van der Waals surface area contributed by atoms with E-state index in [0.717, 1.165) is 19.5 Å². The van der Waals surface area contributed by atoms with Gasteiger partial charge in [0, 0.05) is 19.1 Å². The van der Waals surface area contributed by atoms with E-state index in [9.17, 15) is 4.79 Å². The fourth-order valence-electron chi connectivity index (χ4n) is 1.59. The van der Waals surface area contributed by atoms with Crippen molar-refractivity contribution in [3.8, 4) is 0 Å². The molecule has 0 aromatic heterocycles. The van der Waals surface area contributed by atoms with Gasteiger partial charge in [-0.05, 0) is 33.9 Å². The molecule has 1 amide bonds. The number of amides is 1. The molecule has 4 heteroatoms. The van der Waals surface area contributed by atoms with E-state index in [-0.39, 0.29) is 5.91 Å². The largest absolute Gasteiger partial charge is 0.369 e. The van der Waals surface area contributed by atoms with Gasteiger partial charge in [-0.3, -0.25) is 4.79 Å². The van der Waals surface area contributed by atoms with Crippen molar-refractivity contribution >= 4 is 5.91 Å². The highest BCUT2D eigenvalue weighted by Crippen LogP contribution is 2.14. The third-order valence-electron chi connectivity index (χ3n) is 2.89. The van der Waals surface area contributed by atoms with Crippen molar-refractivity contribution in [3.63, 3.8) is 0 Å². The van der Waals surface area contributed by atoms with Crippen molar-refractivity contribution in [1.82, 2.24) is 10.2 Å². The summed E-state index contributed by atoms with van der Waals surface area (Å²) in [4.78, 5) is 13.3. The van der Waals surface area contributed by atoms with Crippen LogP contribution in [0, 0.1) is 5.41 Å². The van der Waals surface area contributed by atoms with Gasteiger partial charge in [-0.25, -0.2) is 0 Å². The highest BCUT2D eigenvalue weighted by atomic mass is 16.1. The van der Waals surface area contributed by atoms with Crippen LogP contribution in [0.1, 0.15) is 20.3 Å². The van der Waals surface area contributed by atoms with E-state index in [1.165, 1.54) is 0 Å². The number of primary amides is 1. The third kappa shape index (κ3) is 2.96. The van der Waals surface area contributed by atoms with Crippen molar-refractivity contribution in [1.29, 1.82) is 0 Å². The summed E-state index contributed by atoms with van der Waals surface area (Å²) < 4.78 is 0. The summed E-state index contributed by atoms with van der Waals surface area (Å²) in [6.07, 6.45) is 1.16. The van der Waals surface area contributed by atoms with Gasteiger partial charge in [0.15, 0.2) is 0 Å². The van der Waals surface area contributed by atoms with E-state index >= 15 is 0 Å². The second-order valence-corrected chi connectivity index (χ2v) is 4.88. The lowest BCUT2D eigenvalue weighted by Gasteiger charge is -2.23. The number of carbonyl (C=O) groups excluding carboxylic acids is 1. The molecule has 0 aromatic rings. The van der Waals surface area contributed by atoms with Crippen molar-refractivity contribution in [2.24, 2.45) is 11.1 Å². The summed E-state index contributed by atoms with van der Waals surface area (Å²) in [5.74, 6) is -0.239. The first kappa shape index (κ1) is 11.5. The topological polar surface area (TPSA) is 58.4 Å². The van der Waals surface area contributed by atoms with E-state index in [1.807, 2.05) is 13.8 Å². The summed E-state index contributed by atoms with van der Waals surface area (Å²) in [7, 11) is 2.11. The molecule has 4 nitrogen and oxygen atoms in total. The SMILES string of the molecule is CN1CCC(NCC(C)(C)C(N)=O)C1. The summed E-state index contributed by atoms with van der Waals surface area (Å²) in [6.45, 7) is 6.62. The first-order valence-corrected chi connectivity index (χ1v) is 5.13. The number of hydrogen-bond donors (Lipinski definition) is 2. The smallest absolute Gasteiger partial charge is 0.224 e. The van der Waals surface area contributed by atoms with Gasteiger partial charge in [0.05, 0.1) is 5.41 Å². The number of hydrogen-bond acceptors (Lipinski definition) is 3. The summed E-state index contributed by atoms with van der Waals surface area (Å²) >= 11 is 0. The van der Waals surface area contributed by atoms with E-state index in [4.69, 9.17) is 5.73 Å². The molecule has 82 valence electrons. The van der Waals surface area contributed by atoms with Crippen LogP contribution in [0.15, 0.2) is 0 Å². The lowest BCUT2D eigenvalue weighted by Crippen LogP contribution is -2.44. The molecule has 14 heavy (non-hydrogen) atoms. The van der Waals surface area contributed by atoms with Crippen LogP contribution in [-0.4, -0.2) is 43.5 Å². The third-order valence-corrected chi connectivity index (χ3v) is 2.89. The number of nitrogens with two attached hydrogens (primary N) is 1. The first-order chi connectivity index (χ1) is 6.42. The Balaban J connectivity index is 2.30. The second-order valence-electron chi connectivity index (χ2n) is 4.88. The predicted octanol–water partition coefficient (Wildman–Crippen LogP) is -0.208. The lowest BCUT2D eigenvalue weighted by molar-refractivity contribution is -0.125. The van der Waals surface area contributed by atoms with E-state index in [0.29, 0.717) is 12.6 Å². The van der Waals surface area contributed by atoms with Gasteiger partial charge < -0.3 is 16.0 Å². The van der Waals surface area contributed by atoms with Gasteiger partial charge in [0.25, 0.3) is 0 Å². The van der Waals surface area contributed by atoms with Crippen LogP contribution in [0.3, 0.4) is 0 Å². The molecule has 1 heterocycles. The molecule has 1 aliphatic rings. The molecule has 1 fully saturated rings. The molecule has 3 N–H and O–H groups in total. The van der Waals surface area contributed by atoms with Gasteiger partial charge in [-0.1, -0.05) is 0 Å². The zero-order valence-corrected chi connectivity index (χ0v) is 9.34. The van der Waals surface area contributed by atoms with Gasteiger partial charge in [0.2, 0.25) is 5.91 Å². The van der Waals surface area contributed by atoms with Crippen LogP contribution in [0.5, 0.6) is 0 Å². The van der Waals surface area contributed by atoms with Gasteiger partial charge in [0.1, 0.15) is 0 Å². The average molecular weight is 199 g/mol. The summed E-state index contributed by atoms with van der Waals surface area (Å²) in [6, 6.07) is 0.513. The van der Waals surface area contributed by atoms with Gasteiger partial charge in [-0.15, -0.1) is 0 Å². The Kier molecular flexibility index (Phi) is 3.50. The maximum absolute atomic E-state index is 11.1. The molecule has 0 bridgehead atoms. The molecule has 0 aromatic carbocycles. The van der Waals surface area contributed by atoms with Crippen molar-refractivity contribution in [2.45, 2.75) is 26.3 Å². The van der Waals surface area contributed by atoms with Crippen molar-refractivity contribution in [3.05, 3.63) is 0 Å². The quantitative estimate of drug-likeness (QED) is 0.659. The van der Waals surface area contributed by atoms with E-state index < -0.39 is 5.41 Å². The number of likely N-dealkylation sites (tertiary alicyclic amines) is 1. The Labute approximate surface area is 85.8 Å². The number of carbonyl (C=O) groups is 1. The van der Waals surface area contributed by atoms with Crippen LogP contribution in [-0.2, 0) is 4.79 Å². The molecule has 1 saturated heterocycles. The molecule has 0 saturated carbocycles. The summed E-state index contributed by atoms with van der Waals surface area (Å²) in [5, 5.41) is 3.39. The van der Waals surface area contributed by atoms with E-state index in [1.54, 1.807) is 0 Å². The molecule has 1 aliphatic heterocycles. The Morgan fingerprint density at radius 3 is 2.71 bits per heavy atom. The molecule has 1 atom stereocenters. The Morgan fingerprint density at radius 1 is 1.64 bits per heavy atom. The van der Waals surface area contributed by atoms with Crippen LogP contribution in [0.25, 0.3) is 0 Å². The number of nitrogens with zero attached hydrogens (tertiary/aromatic N) is 1. The first-order valence-electron chi connectivity index (χ1n) is 5.13. The maximum atomic E-state index is 11.1. The molecular weight excluding hydrogens is 178 g/mol. The standard InChI is InChI=1S/C10H21N3O/c1-10(2,9(11)14)7-12-8-4-5-13(3)6-8/h8,12H,4-7H2,1-3H3,(H2,11,14). The number of rotatable bonds is 4. The molecule has 1 rings (SSSR count). The van der Waals surface area contributed by atoms with E-state index in [2.05, 4.69) is 17.3 Å². The molecule has 0 radical (unpaired) electrons. The van der Waals surface area contributed by atoms with Gasteiger partial charge in [-0.2, -0.15) is 0 Å². The second kappa shape index (κ2) is 4.28. The highest BCUT2D eigenvalue weighted by Gasteiger charge is 2.27. The zero-order chi connectivity index (χ0) is 10.8. The monoisotopic (exact) mass is 199 g/mol. The molecule has 0 aliphatic carbocycles. The maximum Gasteiger partial charge on any atom is 0.224 e. The van der Waals surface area contributed by atoms with Crippen LogP contribution < -0.4 is 11.1 Å². The minimum Gasteiger partial charge on any atom is -0.369 e. The average Bonchev–Trinajstić information content (AvgIpc) is 2.48. The molecular formula is C10H21N3O. The molecule has 1 unspecified atom stereocenters. The number of nitrogens with one attached hydrogen (secondary N) is 1.